The Morgan fingerprint density at radius 1 is 1.33 bits per heavy atom. The number of pyridine rings is 1. The average Bonchev–Trinajstić information content (AvgIpc) is 2.78. The van der Waals surface area contributed by atoms with Crippen molar-refractivity contribution in [3.63, 3.8) is 0 Å². The second-order valence-corrected chi connectivity index (χ2v) is 5.82. The first-order valence-corrected chi connectivity index (χ1v) is 7.31. The fraction of sp³-hybridized carbons (Fsp3) is 0.545. The lowest BCUT2D eigenvalue weighted by atomic mass is 10.2. The lowest BCUT2D eigenvalue weighted by Crippen LogP contribution is -2.24. The monoisotopic (exact) mass is 291 g/mol. The van der Waals surface area contributed by atoms with E-state index >= 15 is 0 Å². The molecule has 1 aliphatic heterocycles. The maximum absolute atomic E-state index is 11.4. The quantitative estimate of drug-likeness (QED) is 0.890. The summed E-state index contributed by atoms with van der Waals surface area (Å²) in [5.41, 5.74) is 0.571. The molecule has 7 heteroatoms. The van der Waals surface area contributed by atoms with Gasteiger partial charge in [0.1, 0.15) is 4.90 Å². The van der Waals surface area contributed by atoms with Crippen molar-refractivity contribution in [3.8, 4) is 0 Å². The van der Waals surface area contributed by atoms with Crippen LogP contribution in [0.3, 0.4) is 0 Å². The second-order valence-electron chi connectivity index (χ2n) is 4.29. The van der Waals surface area contributed by atoms with Gasteiger partial charge in [0.05, 0.1) is 5.69 Å². The smallest absolute Gasteiger partial charge is 0.239 e. The molecule has 0 saturated carbocycles. The van der Waals surface area contributed by atoms with E-state index in [-0.39, 0.29) is 17.3 Å². The van der Waals surface area contributed by atoms with Gasteiger partial charge in [-0.05, 0) is 38.1 Å². The lowest BCUT2D eigenvalue weighted by molar-refractivity contribution is 0.341. The van der Waals surface area contributed by atoms with Crippen molar-refractivity contribution in [1.82, 2.24) is 9.88 Å². The summed E-state index contributed by atoms with van der Waals surface area (Å²) < 4.78 is 22.7. The number of primary sulfonamides is 1. The molecule has 2 heterocycles. The third-order valence-electron chi connectivity index (χ3n) is 3.02. The number of likely N-dealkylation sites (tertiary alicyclic amines) is 1. The van der Waals surface area contributed by atoms with Crippen LogP contribution in [0.1, 0.15) is 18.5 Å². The van der Waals surface area contributed by atoms with Crippen molar-refractivity contribution in [2.24, 2.45) is 5.14 Å². The molecule has 5 nitrogen and oxygen atoms in total. The van der Waals surface area contributed by atoms with Gasteiger partial charge in [0, 0.05) is 19.2 Å². The van der Waals surface area contributed by atoms with Crippen molar-refractivity contribution in [2.75, 3.05) is 19.6 Å². The third-order valence-corrected chi connectivity index (χ3v) is 4.00. The SMILES string of the molecule is Cl.NS(=O)(=O)c1cccnc1CCN1CCCC1. The summed E-state index contributed by atoms with van der Waals surface area (Å²) in [6.07, 6.45) is 4.69. The molecule has 0 radical (unpaired) electrons. The Morgan fingerprint density at radius 2 is 2.00 bits per heavy atom. The summed E-state index contributed by atoms with van der Waals surface area (Å²) in [7, 11) is -3.66. The average molecular weight is 292 g/mol. The minimum atomic E-state index is -3.66. The minimum absolute atomic E-state index is 0. The lowest BCUT2D eigenvalue weighted by Gasteiger charge is -2.14. The molecule has 1 saturated heterocycles. The van der Waals surface area contributed by atoms with Crippen molar-refractivity contribution in [2.45, 2.75) is 24.2 Å². The number of nitrogens with zero attached hydrogens (tertiary/aromatic N) is 2. The second kappa shape index (κ2) is 6.47. The molecule has 0 bridgehead atoms. The van der Waals surface area contributed by atoms with E-state index in [2.05, 4.69) is 9.88 Å². The van der Waals surface area contributed by atoms with Gasteiger partial charge in [-0.2, -0.15) is 0 Å². The van der Waals surface area contributed by atoms with Crippen molar-refractivity contribution in [3.05, 3.63) is 24.0 Å². The molecule has 0 unspecified atom stereocenters. The minimum Gasteiger partial charge on any atom is -0.303 e. The zero-order valence-corrected chi connectivity index (χ0v) is 11.7. The summed E-state index contributed by atoms with van der Waals surface area (Å²) in [4.78, 5) is 6.59. The molecule has 1 aliphatic rings. The highest BCUT2D eigenvalue weighted by Crippen LogP contribution is 2.13. The third kappa shape index (κ3) is 3.91. The van der Waals surface area contributed by atoms with Gasteiger partial charge in [-0.1, -0.05) is 0 Å². The Morgan fingerprint density at radius 3 is 2.61 bits per heavy atom. The van der Waals surface area contributed by atoms with Gasteiger partial charge in [0.15, 0.2) is 0 Å². The van der Waals surface area contributed by atoms with Crippen LogP contribution in [0.25, 0.3) is 0 Å². The molecule has 2 rings (SSSR count). The Hall–Kier alpha value is -0.690. The van der Waals surface area contributed by atoms with E-state index in [4.69, 9.17) is 5.14 Å². The van der Waals surface area contributed by atoms with Crippen LogP contribution < -0.4 is 5.14 Å². The number of hydrogen-bond acceptors (Lipinski definition) is 4. The van der Waals surface area contributed by atoms with Gasteiger partial charge >= 0.3 is 0 Å². The van der Waals surface area contributed by atoms with Crippen LogP contribution in [0.15, 0.2) is 23.2 Å². The fourth-order valence-electron chi connectivity index (χ4n) is 2.14. The first kappa shape index (κ1) is 15.4. The summed E-state index contributed by atoms with van der Waals surface area (Å²) >= 11 is 0. The van der Waals surface area contributed by atoms with Crippen LogP contribution in [0, 0.1) is 0 Å². The van der Waals surface area contributed by atoms with Crippen LogP contribution in [0.4, 0.5) is 0 Å². The topological polar surface area (TPSA) is 76.3 Å². The highest BCUT2D eigenvalue weighted by atomic mass is 35.5. The predicted molar refractivity (Wildman–Crippen MR) is 72.2 cm³/mol. The molecule has 1 aromatic heterocycles. The maximum Gasteiger partial charge on any atom is 0.239 e. The number of halogens is 1. The molecule has 0 atom stereocenters. The molecule has 0 spiro atoms. The van der Waals surface area contributed by atoms with E-state index in [9.17, 15) is 8.42 Å². The highest BCUT2D eigenvalue weighted by molar-refractivity contribution is 7.89. The summed E-state index contributed by atoms with van der Waals surface area (Å²) in [5.74, 6) is 0. The predicted octanol–water partition coefficient (Wildman–Crippen LogP) is 0.789. The van der Waals surface area contributed by atoms with Crippen LogP contribution >= 0.6 is 12.4 Å². The zero-order valence-electron chi connectivity index (χ0n) is 10.1. The standard InChI is InChI=1S/C11H17N3O2S.ClH/c12-17(15,16)11-4-3-6-13-10(11)5-9-14-7-1-2-8-14;/h3-4,6H,1-2,5,7-9H2,(H2,12,15,16);1H. The van der Waals surface area contributed by atoms with Gasteiger partial charge in [-0.25, -0.2) is 13.6 Å². The van der Waals surface area contributed by atoms with Gasteiger partial charge in [-0.15, -0.1) is 12.4 Å². The van der Waals surface area contributed by atoms with Crippen LogP contribution in [0.2, 0.25) is 0 Å². The largest absolute Gasteiger partial charge is 0.303 e. The van der Waals surface area contributed by atoms with Crippen LogP contribution in [-0.2, 0) is 16.4 Å². The number of aromatic nitrogens is 1. The molecule has 0 aliphatic carbocycles. The van der Waals surface area contributed by atoms with E-state index in [0.717, 1.165) is 19.6 Å². The van der Waals surface area contributed by atoms with E-state index < -0.39 is 10.0 Å². The van der Waals surface area contributed by atoms with Crippen molar-refractivity contribution < 1.29 is 8.42 Å². The van der Waals surface area contributed by atoms with Gasteiger partial charge in [-0.3, -0.25) is 4.98 Å². The fourth-order valence-corrected chi connectivity index (χ4v) is 2.89. The van der Waals surface area contributed by atoms with Crippen LogP contribution in [-0.4, -0.2) is 37.9 Å². The number of hydrogen-bond donors (Lipinski definition) is 1. The Labute approximate surface area is 114 Å². The summed E-state index contributed by atoms with van der Waals surface area (Å²) in [5, 5.41) is 5.16. The van der Waals surface area contributed by atoms with E-state index in [1.807, 2.05) is 0 Å². The van der Waals surface area contributed by atoms with Crippen molar-refractivity contribution >= 4 is 22.4 Å². The van der Waals surface area contributed by atoms with Crippen molar-refractivity contribution in [1.29, 1.82) is 0 Å². The van der Waals surface area contributed by atoms with Gasteiger partial charge in [0.2, 0.25) is 10.0 Å². The number of rotatable bonds is 4. The Bertz CT molecular complexity index is 487. The number of nitrogens with two attached hydrogens (primary N) is 1. The maximum atomic E-state index is 11.4. The highest BCUT2D eigenvalue weighted by Gasteiger charge is 2.16. The van der Waals surface area contributed by atoms with E-state index in [1.54, 1.807) is 12.3 Å². The molecule has 0 aromatic carbocycles. The normalized spacial score (nSPS) is 16.5. The molecular weight excluding hydrogens is 274 g/mol. The van der Waals surface area contributed by atoms with Gasteiger partial charge in [0.25, 0.3) is 0 Å². The summed E-state index contributed by atoms with van der Waals surface area (Å²) in [6, 6.07) is 3.11. The Kier molecular flexibility index (Phi) is 5.52. The summed E-state index contributed by atoms with van der Waals surface area (Å²) in [6.45, 7) is 3.04. The van der Waals surface area contributed by atoms with E-state index in [1.165, 1.54) is 18.9 Å². The molecule has 2 N–H and O–H groups in total. The molecule has 1 fully saturated rings. The molecular formula is C11H18ClN3O2S. The zero-order chi connectivity index (χ0) is 12.3. The van der Waals surface area contributed by atoms with E-state index in [0.29, 0.717) is 12.1 Å². The van der Waals surface area contributed by atoms with Gasteiger partial charge < -0.3 is 4.90 Å². The van der Waals surface area contributed by atoms with Crippen LogP contribution in [0.5, 0.6) is 0 Å². The first-order chi connectivity index (χ1) is 8.07. The molecule has 102 valence electrons. The molecule has 0 amide bonds. The molecule has 1 aromatic rings. The Balaban J connectivity index is 0.00000162. The number of sulfonamides is 1. The molecule has 18 heavy (non-hydrogen) atoms. The first-order valence-electron chi connectivity index (χ1n) is 5.76.